The monoisotopic (exact) mass is 210 g/mol. The maximum Gasteiger partial charge on any atom is 0.391 e. The van der Waals surface area contributed by atoms with Crippen LogP contribution in [0.1, 0.15) is 0 Å². The Morgan fingerprint density at radius 1 is 1.11 bits per heavy atom. The fourth-order valence-electron chi connectivity index (χ4n) is 0.139. The van der Waals surface area contributed by atoms with E-state index in [1.54, 1.807) is 0 Å². The van der Waals surface area contributed by atoms with Gasteiger partial charge in [-0.1, -0.05) is 24.5 Å². The Labute approximate surface area is 61.8 Å². The van der Waals surface area contributed by atoms with Crippen molar-refractivity contribution in [1.82, 2.24) is 0 Å². The van der Waals surface area contributed by atoms with Crippen LogP contribution in [-0.4, -0.2) is 9.79 Å². The predicted octanol–water partition coefficient (Wildman–Crippen LogP) is 1.06. The molecule has 2 unspecified atom stereocenters. The first-order valence-electron chi connectivity index (χ1n) is 1.53. The molecule has 9 heavy (non-hydrogen) atoms. The van der Waals surface area contributed by atoms with E-state index in [9.17, 15) is 9.13 Å². The third-order valence-electron chi connectivity index (χ3n) is 0.213. The predicted molar refractivity (Wildman–Crippen MR) is 38.7 cm³/mol. The molecule has 0 aliphatic rings. The largest absolute Gasteiger partial charge is 0.391 e. The average molecular weight is 210 g/mol. The van der Waals surface area contributed by atoms with Gasteiger partial charge in [0.1, 0.15) is 0 Å². The maximum absolute atomic E-state index is 10.0. The van der Waals surface area contributed by atoms with E-state index in [-0.39, 0.29) is 0 Å². The van der Waals surface area contributed by atoms with Crippen LogP contribution < -0.4 is 0 Å². The van der Waals surface area contributed by atoms with Crippen molar-refractivity contribution in [2.45, 2.75) is 0 Å². The number of rotatable bonds is 2. The number of hydrogen-bond acceptors (Lipinski definition) is 3. The minimum absolute atomic E-state index is 2.96. The van der Waals surface area contributed by atoms with Crippen molar-refractivity contribution >= 4 is 38.1 Å². The SMILES string of the molecule is O=P(O)(S)OP(=O)(O)S. The lowest BCUT2D eigenvalue weighted by Gasteiger charge is -2.05. The van der Waals surface area contributed by atoms with Gasteiger partial charge in [-0.2, -0.15) is 0 Å². The minimum Gasteiger partial charge on any atom is -0.316 e. The van der Waals surface area contributed by atoms with Gasteiger partial charge in [0.05, 0.1) is 0 Å². The highest BCUT2D eigenvalue weighted by molar-refractivity contribution is 8.50. The topological polar surface area (TPSA) is 83.8 Å². The zero-order valence-corrected chi connectivity index (χ0v) is 7.49. The van der Waals surface area contributed by atoms with Gasteiger partial charge < -0.3 is 9.79 Å². The Balaban J connectivity index is 4.07. The molecule has 0 spiro atoms. The van der Waals surface area contributed by atoms with Crippen LogP contribution in [0.5, 0.6) is 0 Å². The van der Waals surface area contributed by atoms with Crippen molar-refractivity contribution in [1.29, 1.82) is 0 Å². The Kier molecular flexibility index (Phi) is 3.31. The first-order valence-corrected chi connectivity index (χ1v) is 6.99. The first kappa shape index (κ1) is 10.0. The van der Waals surface area contributed by atoms with Gasteiger partial charge in [-0.05, 0) is 0 Å². The van der Waals surface area contributed by atoms with Gasteiger partial charge >= 0.3 is 13.6 Å². The van der Waals surface area contributed by atoms with Crippen LogP contribution in [0.4, 0.5) is 0 Å². The fourth-order valence-corrected chi connectivity index (χ4v) is 3.55. The average Bonchev–Trinajstić information content (AvgIpc) is 1.14. The summed E-state index contributed by atoms with van der Waals surface area (Å²) in [6.45, 7) is -8.36. The minimum atomic E-state index is -4.18. The molecule has 0 aliphatic heterocycles. The van der Waals surface area contributed by atoms with Gasteiger partial charge in [-0.25, -0.2) is 13.4 Å². The van der Waals surface area contributed by atoms with Crippen LogP contribution in [0.2, 0.25) is 0 Å². The van der Waals surface area contributed by atoms with E-state index in [0.29, 0.717) is 0 Å². The lowest BCUT2D eigenvalue weighted by atomic mass is 15.8. The summed E-state index contributed by atoms with van der Waals surface area (Å²) >= 11 is 5.91. The highest BCUT2D eigenvalue weighted by Crippen LogP contribution is 2.63. The molecule has 0 heterocycles. The van der Waals surface area contributed by atoms with Crippen molar-refractivity contribution in [3.63, 3.8) is 0 Å². The van der Waals surface area contributed by atoms with Crippen molar-refractivity contribution in [3.05, 3.63) is 0 Å². The normalized spacial score (nSPS) is 24.4. The molecular formula is H4O5P2S2. The zero-order valence-electron chi connectivity index (χ0n) is 3.91. The van der Waals surface area contributed by atoms with Gasteiger partial charge in [-0.15, -0.1) is 0 Å². The van der Waals surface area contributed by atoms with Crippen molar-refractivity contribution < 1.29 is 23.2 Å². The maximum atomic E-state index is 10.0. The smallest absolute Gasteiger partial charge is 0.316 e. The van der Waals surface area contributed by atoms with Gasteiger partial charge in [0.2, 0.25) is 0 Å². The van der Waals surface area contributed by atoms with Crippen molar-refractivity contribution in [2.24, 2.45) is 0 Å². The van der Waals surface area contributed by atoms with E-state index in [2.05, 4.69) is 28.8 Å². The van der Waals surface area contributed by atoms with Crippen molar-refractivity contribution in [2.75, 3.05) is 0 Å². The second-order valence-corrected chi connectivity index (χ2v) is 6.71. The summed E-state index contributed by atoms with van der Waals surface area (Å²) in [5, 5.41) is 0. The lowest BCUT2D eigenvalue weighted by Crippen LogP contribution is -1.74. The summed E-state index contributed by atoms with van der Waals surface area (Å²) in [6, 6.07) is 0. The Bertz CT molecular complexity index is 153. The molecular weight excluding hydrogens is 206 g/mol. The molecule has 0 fully saturated rings. The molecule has 0 saturated heterocycles. The second kappa shape index (κ2) is 2.96. The van der Waals surface area contributed by atoms with Crippen LogP contribution in [0.15, 0.2) is 0 Å². The van der Waals surface area contributed by atoms with Gasteiger partial charge in [0, 0.05) is 0 Å². The number of hydrogen-bond donors (Lipinski definition) is 4. The molecule has 5 nitrogen and oxygen atoms in total. The van der Waals surface area contributed by atoms with E-state index >= 15 is 0 Å². The van der Waals surface area contributed by atoms with Gasteiger partial charge in [0.15, 0.2) is 0 Å². The molecule has 0 aromatic carbocycles. The highest BCUT2D eigenvalue weighted by Gasteiger charge is 2.24. The molecule has 56 valence electrons. The molecule has 0 radical (unpaired) electrons. The molecule has 0 aliphatic carbocycles. The third-order valence-corrected chi connectivity index (χ3v) is 3.23. The van der Waals surface area contributed by atoms with E-state index in [4.69, 9.17) is 9.79 Å². The molecule has 2 atom stereocenters. The molecule has 0 aromatic heterocycles. The Hall–Kier alpha value is 1.04. The second-order valence-electron chi connectivity index (χ2n) is 1.06. The van der Waals surface area contributed by atoms with Gasteiger partial charge in [-0.3, -0.25) is 0 Å². The fraction of sp³-hybridized carbons (Fsp3) is 0. The van der Waals surface area contributed by atoms with Crippen molar-refractivity contribution in [3.8, 4) is 0 Å². The van der Waals surface area contributed by atoms with E-state index < -0.39 is 13.6 Å². The molecule has 0 saturated carbocycles. The first-order chi connectivity index (χ1) is 3.71. The van der Waals surface area contributed by atoms with Gasteiger partial charge in [0.25, 0.3) is 0 Å². The van der Waals surface area contributed by atoms with Crippen LogP contribution in [0.3, 0.4) is 0 Å². The number of thiol groups is 2. The molecule has 0 amide bonds. The zero-order chi connectivity index (χ0) is 7.71. The quantitative estimate of drug-likeness (QED) is 0.404. The van der Waals surface area contributed by atoms with Crippen LogP contribution in [0, 0.1) is 0 Å². The molecule has 2 N–H and O–H groups in total. The highest BCUT2D eigenvalue weighted by atomic mass is 32.7. The molecule has 0 bridgehead atoms. The summed E-state index contributed by atoms with van der Waals surface area (Å²) in [5.41, 5.74) is 0. The standard InChI is InChI=1S/H4O5P2S2/c1-6(2,8)5-7(3,4)9/h(H2,1,2,8)(H2,3,4,9). The summed E-state index contributed by atoms with van der Waals surface area (Å²) < 4.78 is 23.7. The summed E-state index contributed by atoms with van der Waals surface area (Å²) in [5.74, 6) is 0. The Morgan fingerprint density at radius 3 is 1.33 bits per heavy atom. The van der Waals surface area contributed by atoms with Crippen LogP contribution >= 0.6 is 38.1 Å². The molecule has 0 rings (SSSR count). The van der Waals surface area contributed by atoms with E-state index in [0.717, 1.165) is 0 Å². The van der Waals surface area contributed by atoms with Crippen LogP contribution in [0.25, 0.3) is 0 Å². The lowest BCUT2D eigenvalue weighted by molar-refractivity contribution is 0.362. The molecule has 0 aromatic rings. The van der Waals surface area contributed by atoms with Crippen LogP contribution in [-0.2, 0) is 13.4 Å². The Morgan fingerprint density at radius 2 is 1.33 bits per heavy atom. The summed E-state index contributed by atoms with van der Waals surface area (Å²) in [7, 11) is 0. The molecule has 9 heteroatoms. The van der Waals surface area contributed by atoms with E-state index in [1.165, 1.54) is 0 Å². The summed E-state index contributed by atoms with van der Waals surface area (Å²) in [6.07, 6.45) is 0. The van der Waals surface area contributed by atoms with E-state index in [1.807, 2.05) is 0 Å². The summed E-state index contributed by atoms with van der Waals surface area (Å²) in [4.78, 5) is 16.3. The third kappa shape index (κ3) is 9.04.